The molecule has 0 aliphatic carbocycles. The maximum Gasteiger partial charge on any atom is 0.131 e. The molecule has 0 aliphatic rings. The Kier molecular flexibility index (Phi) is 12.3. The van der Waals surface area contributed by atoms with Crippen molar-refractivity contribution in [3.63, 3.8) is 0 Å². The van der Waals surface area contributed by atoms with Gasteiger partial charge >= 0.3 is 0 Å². The third-order valence-electron chi connectivity index (χ3n) is 7.53. The molecular formula is C40H42F2O2P2. The minimum Gasteiger partial charge on any atom is -0.480 e. The summed E-state index contributed by atoms with van der Waals surface area (Å²) < 4.78 is 38.6. The predicted octanol–water partition coefficient (Wildman–Crippen LogP) is 12.7. The third-order valence-corrected chi connectivity index (χ3v) is 8.91. The van der Waals surface area contributed by atoms with Crippen LogP contribution >= 0.6 is 18.3 Å². The second-order valence-electron chi connectivity index (χ2n) is 11.7. The van der Waals surface area contributed by atoms with E-state index in [-0.39, 0.29) is 25.6 Å². The Morgan fingerprint density at radius 3 is 1.65 bits per heavy atom. The van der Waals surface area contributed by atoms with Gasteiger partial charge in [-0.2, -0.15) is 0 Å². The number of fused-ring (bicyclic) bond motifs is 2. The van der Waals surface area contributed by atoms with Gasteiger partial charge in [-0.05, 0) is 90.2 Å². The van der Waals surface area contributed by atoms with Crippen LogP contribution in [0.5, 0.6) is 11.5 Å². The smallest absolute Gasteiger partial charge is 0.131 e. The normalized spacial score (nSPS) is 11.2. The molecule has 0 aliphatic heterocycles. The monoisotopic (exact) mass is 654 g/mol. The van der Waals surface area contributed by atoms with Crippen molar-refractivity contribution in [3.8, 4) is 22.6 Å². The number of aryl methyl sites for hydroxylation is 2. The quantitative estimate of drug-likeness (QED) is 0.166. The number of halogens is 2. The van der Waals surface area contributed by atoms with E-state index in [9.17, 15) is 8.78 Å². The van der Waals surface area contributed by atoms with Crippen LogP contribution in [0, 0.1) is 25.5 Å². The molecule has 6 aromatic rings. The molecule has 2 nitrogen and oxygen atoms in total. The molecule has 0 saturated heterocycles. The predicted molar refractivity (Wildman–Crippen MR) is 197 cm³/mol. The van der Waals surface area contributed by atoms with E-state index in [0.717, 1.165) is 49.7 Å². The van der Waals surface area contributed by atoms with Crippen LogP contribution in [0.4, 0.5) is 8.78 Å². The van der Waals surface area contributed by atoms with Gasteiger partial charge in [0.1, 0.15) is 23.1 Å². The summed E-state index contributed by atoms with van der Waals surface area (Å²) in [6, 6.07) is 36.9. The molecule has 2 atom stereocenters. The molecule has 0 aromatic heterocycles. The van der Waals surface area contributed by atoms with E-state index in [4.69, 9.17) is 9.05 Å². The number of rotatable bonds is 6. The van der Waals surface area contributed by atoms with Gasteiger partial charge in [-0.3, -0.25) is 0 Å². The first-order chi connectivity index (χ1) is 22.1. The van der Waals surface area contributed by atoms with Crippen molar-refractivity contribution < 1.29 is 17.8 Å². The van der Waals surface area contributed by atoms with E-state index in [1.807, 2.05) is 48.5 Å². The average Bonchev–Trinajstić information content (AvgIpc) is 3.06. The maximum absolute atomic E-state index is 13.9. The summed E-state index contributed by atoms with van der Waals surface area (Å²) in [4.78, 5) is 0. The highest BCUT2D eigenvalue weighted by molar-refractivity contribution is 7.34. The minimum atomic E-state index is -0.292. The maximum atomic E-state index is 13.9. The van der Waals surface area contributed by atoms with Crippen LogP contribution in [0.25, 0.3) is 32.7 Å². The van der Waals surface area contributed by atoms with Gasteiger partial charge in [-0.1, -0.05) is 111 Å². The van der Waals surface area contributed by atoms with Crippen molar-refractivity contribution >= 4 is 39.8 Å². The second kappa shape index (κ2) is 16.1. The van der Waals surface area contributed by atoms with Crippen LogP contribution in [0.2, 0.25) is 0 Å². The molecule has 6 rings (SSSR count). The third kappa shape index (κ3) is 8.30. The van der Waals surface area contributed by atoms with Crippen LogP contribution in [0.1, 0.15) is 50.8 Å². The molecular weight excluding hydrogens is 612 g/mol. The van der Waals surface area contributed by atoms with Gasteiger partial charge in [0.25, 0.3) is 0 Å². The van der Waals surface area contributed by atoms with Gasteiger partial charge in [0, 0.05) is 16.3 Å². The largest absolute Gasteiger partial charge is 0.480 e. The van der Waals surface area contributed by atoms with Crippen molar-refractivity contribution in [1.29, 1.82) is 0 Å². The van der Waals surface area contributed by atoms with Gasteiger partial charge < -0.3 is 9.05 Å². The highest BCUT2D eigenvalue weighted by Crippen LogP contribution is 2.50. The Morgan fingerprint density at radius 1 is 0.630 bits per heavy atom. The lowest BCUT2D eigenvalue weighted by atomic mass is 9.92. The van der Waals surface area contributed by atoms with Gasteiger partial charge in [0.15, 0.2) is 0 Å². The molecule has 2 unspecified atom stereocenters. The van der Waals surface area contributed by atoms with E-state index in [0.29, 0.717) is 11.1 Å². The Balaban J connectivity index is 0.000000373. The molecule has 0 fully saturated rings. The molecule has 6 heteroatoms. The van der Waals surface area contributed by atoms with Crippen LogP contribution < -0.4 is 9.05 Å². The Hall–Kier alpha value is -3.84. The van der Waals surface area contributed by atoms with Gasteiger partial charge in [-0.25, -0.2) is 8.78 Å². The fraction of sp³-hybridized carbons (Fsp3) is 0.200. The summed E-state index contributed by atoms with van der Waals surface area (Å²) in [6.07, 6.45) is 1.25. The van der Waals surface area contributed by atoms with Crippen molar-refractivity contribution in [2.24, 2.45) is 0 Å². The van der Waals surface area contributed by atoms with Gasteiger partial charge in [-0.15, -0.1) is 0 Å². The lowest BCUT2D eigenvalue weighted by Crippen LogP contribution is -2.12. The van der Waals surface area contributed by atoms with Crippen LogP contribution in [-0.2, 0) is 5.16 Å². The standard InChI is InChI=1S/C30H27FO2P2.C7H7F.C3H8/c1-19-18-22(14-15-25(19)31)30(2,3)35-33-27-17-13-21-9-5-7-11-24(21)29(27)28-23-10-6-4-8-20(23)12-16-26(28)32-34;1-6-4-2-3-5-7(6)8;1-3-2/h4-18,35H,34H2,1-3H3;2-5H,1H3;3H2,1-2H3. The zero-order valence-corrected chi connectivity index (χ0v) is 29.5. The fourth-order valence-electron chi connectivity index (χ4n) is 5.03. The summed E-state index contributed by atoms with van der Waals surface area (Å²) >= 11 is 0. The number of hydrogen-bond acceptors (Lipinski definition) is 2. The second-order valence-corrected chi connectivity index (χ2v) is 13.6. The highest BCUT2D eigenvalue weighted by Gasteiger charge is 2.25. The van der Waals surface area contributed by atoms with Crippen molar-refractivity contribution in [2.45, 2.75) is 53.1 Å². The Labute approximate surface area is 276 Å². The average molecular weight is 655 g/mol. The molecule has 0 saturated carbocycles. The molecule has 0 radical (unpaired) electrons. The molecule has 238 valence electrons. The van der Waals surface area contributed by atoms with Crippen molar-refractivity contribution in [1.82, 2.24) is 0 Å². The molecule has 0 N–H and O–H groups in total. The fourth-order valence-corrected chi connectivity index (χ4v) is 6.03. The van der Waals surface area contributed by atoms with Gasteiger partial charge in [0.2, 0.25) is 0 Å². The van der Waals surface area contributed by atoms with Gasteiger partial charge in [0.05, 0.1) is 18.3 Å². The Morgan fingerprint density at radius 2 is 1.13 bits per heavy atom. The van der Waals surface area contributed by atoms with E-state index in [1.165, 1.54) is 18.6 Å². The molecule has 0 spiro atoms. The molecule has 0 bridgehead atoms. The summed E-state index contributed by atoms with van der Waals surface area (Å²) in [6.45, 7) is 12.1. The first-order valence-corrected chi connectivity index (χ1v) is 16.8. The van der Waals surface area contributed by atoms with E-state index in [1.54, 1.807) is 26.0 Å². The van der Waals surface area contributed by atoms with Crippen LogP contribution in [0.15, 0.2) is 115 Å². The first kappa shape index (κ1) is 35.0. The van der Waals surface area contributed by atoms with Crippen molar-refractivity contribution in [2.75, 3.05) is 0 Å². The molecule has 0 amide bonds. The molecule has 0 heterocycles. The highest BCUT2D eigenvalue weighted by atomic mass is 31.1. The number of hydrogen-bond donors (Lipinski definition) is 0. The van der Waals surface area contributed by atoms with Crippen molar-refractivity contribution in [3.05, 3.63) is 144 Å². The van der Waals surface area contributed by atoms with Crippen LogP contribution in [0.3, 0.4) is 0 Å². The zero-order chi connectivity index (χ0) is 33.3. The zero-order valence-electron chi connectivity index (χ0n) is 27.3. The molecule has 46 heavy (non-hydrogen) atoms. The first-order valence-electron chi connectivity index (χ1n) is 15.4. The summed E-state index contributed by atoms with van der Waals surface area (Å²) in [5.41, 5.74) is 4.41. The summed E-state index contributed by atoms with van der Waals surface area (Å²) in [5, 5.41) is 4.18. The van der Waals surface area contributed by atoms with E-state index >= 15 is 0 Å². The molecule has 6 aromatic carbocycles. The SMILES string of the molecule is CCC.Cc1cc(C(C)(C)POc2ccc3ccccc3c2-c2c(OP)ccc3ccccc23)ccc1F.Cc1ccccc1F. The van der Waals surface area contributed by atoms with Crippen LogP contribution in [-0.4, -0.2) is 0 Å². The lowest BCUT2D eigenvalue weighted by molar-refractivity contribution is 0.587. The summed E-state index contributed by atoms with van der Waals surface area (Å²) in [5.74, 6) is 1.25. The minimum absolute atomic E-state index is 0.125. The van der Waals surface area contributed by atoms with E-state index < -0.39 is 0 Å². The lowest BCUT2D eigenvalue weighted by Gasteiger charge is -2.27. The van der Waals surface area contributed by atoms with E-state index in [2.05, 4.69) is 79.6 Å². The Bertz CT molecular complexity index is 1900. The number of benzene rings is 6. The summed E-state index contributed by atoms with van der Waals surface area (Å²) in [7, 11) is 2.51. The topological polar surface area (TPSA) is 18.5 Å².